The molecule has 0 aromatic carbocycles. The molecule has 0 radical (unpaired) electrons. The number of carbonyl (C=O) groups is 1. The van der Waals surface area contributed by atoms with Gasteiger partial charge >= 0.3 is 5.97 Å². The van der Waals surface area contributed by atoms with E-state index in [1.165, 1.54) is 0 Å². The van der Waals surface area contributed by atoms with E-state index in [-0.39, 0.29) is 5.97 Å². The molecule has 1 aromatic heterocycles. The molecule has 0 fully saturated rings. The van der Waals surface area contributed by atoms with Crippen LogP contribution in [0.4, 0.5) is 0 Å². The van der Waals surface area contributed by atoms with Gasteiger partial charge in [-0.2, -0.15) is 0 Å². The molecule has 0 saturated heterocycles. The van der Waals surface area contributed by atoms with Crippen LogP contribution in [0.25, 0.3) is 0 Å². The van der Waals surface area contributed by atoms with Crippen molar-refractivity contribution in [2.45, 2.75) is 6.92 Å². The van der Waals surface area contributed by atoms with E-state index in [0.717, 1.165) is 6.08 Å². The summed E-state index contributed by atoms with van der Waals surface area (Å²) in [5, 5.41) is 0. The summed E-state index contributed by atoms with van der Waals surface area (Å²) in [5.74, 6) is -0.359. The summed E-state index contributed by atoms with van der Waals surface area (Å²) in [7, 11) is 0. The molecular weight excluding hydrogens is 156 g/mol. The predicted octanol–water partition coefficient (Wildman–Crippen LogP) is 1.15. The van der Waals surface area contributed by atoms with E-state index in [9.17, 15) is 4.79 Å². The summed E-state index contributed by atoms with van der Waals surface area (Å²) in [6.07, 6.45) is 6.23. The number of aromatic amines is 1. The lowest BCUT2D eigenvalue weighted by Crippen LogP contribution is -1.97. The average Bonchev–Trinajstić information content (AvgIpc) is 2.62. The van der Waals surface area contributed by atoms with Crippen molar-refractivity contribution >= 4 is 5.97 Å². The maximum Gasteiger partial charge on any atom is 0.330 e. The lowest BCUT2D eigenvalue weighted by Gasteiger charge is -1.90. The van der Waals surface area contributed by atoms with Crippen molar-refractivity contribution in [3.05, 3.63) is 31.4 Å². The van der Waals surface area contributed by atoms with Gasteiger partial charge in [-0.15, -0.1) is 0 Å². The molecule has 4 heteroatoms. The van der Waals surface area contributed by atoms with Gasteiger partial charge < -0.3 is 9.72 Å². The third-order valence-corrected chi connectivity index (χ3v) is 0.859. The van der Waals surface area contributed by atoms with Gasteiger partial charge in [-0.25, -0.2) is 9.78 Å². The number of imidazole rings is 1. The van der Waals surface area contributed by atoms with E-state index in [1.54, 1.807) is 25.6 Å². The molecule has 0 unspecified atom stereocenters. The zero-order valence-electron chi connectivity index (χ0n) is 6.99. The summed E-state index contributed by atoms with van der Waals surface area (Å²) in [4.78, 5) is 16.5. The minimum atomic E-state index is -0.359. The molecule has 1 N–H and O–H groups in total. The van der Waals surface area contributed by atoms with E-state index in [2.05, 4.69) is 21.3 Å². The Kier molecular flexibility index (Phi) is 6.54. The van der Waals surface area contributed by atoms with Gasteiger partial charge in [0.15, 0.2) is 0 Å². The Morgan fingerprint density at radius 2 is 2.58 bits per heavy atom. The van der Waals surface area contributed by atoms with Crippen LogP contribution in [0, 0.1) is 0 Å². The first-order chi connectivity index (χ1) is 5.81. The smallest absolute Gasteiger partial charge is 0.330 e. The Bertz CT molecular complexity index is 190. The fourth-order valence-electron chi connectivity index (χ4n) is 0.416. The fraction of sp³-hybridized carbons (Fsp3) is 0.250. The first-order valence-corrected chi connectivity index (χ1v) is 3.53. The van der Waals surface area contributed by atoms with Crippen molar-refractivity contribution in [3.63, 3.8) is 0 Å². The molecule has 0 spiro atoms. The Morgan fingerprint density at radius 3 is 2.75 bits per heavy atom. The Morgan fingerprint density at radius 1 is 1.83 bits per heavy atom. The first kappa shape index (κ1) is 10.4. The second-order valence-corrected chi connectivity index (χ2v) is 1.72. The molecule has 1 rings (SSSR count). The van der Waals surface area contributed by atoms with Crippen molar-refractivity contribution in [1.82, 2.24) is 9.97 Å². The highest BCUT2D eigenvalue weighted by molar-refractivity contribution is 5.81. The molecule has 0 saturated carbocycles. The highest BCUT2D eigenvalue weighted by Crippen LogP contribution is 1.74. The van der Waals surface area contributed by atoms with Crippen LogP contribution in [0.5, 0.6) is 0 Å². The van der Waals surface area contributed by atoms with Crippen molar-refractivity contribution in [1.29, 1.82) is 0 Å². The van der Waals surface area contributed by atoms with Gasteiger partial charge in [0.2, 0.25) is 0 Å². The van der Waals surface area contributed by atoms with Gasteiger partial charge in [0.05, 0.1) is 12.9 Å². The molecule has 4 nitrogen and oxygen atoms in total. The van der Waals surface area contributed by atoms with E-state index in [1.807, 2.05) is 0 Å². The summed E-state index contributed by atoms with van der Waals surface area (Å²) in [6, 6.07) is 0. The topological polar surface area (TPSA) is 55.0 Å². The number of esters is 1. The van der Waals surface area contributed by atoms with Crippen LogP contribution in [0.15, 0.2) is 31.4 Å². The number of hydrogen-bond acceptors (Lipinski definition) is 3. The Labute approximate surface area is 71.3 Å². The predicted molar refractivity (Wildman–Crippen MR) is 45.4 cm³/mol. The molecule has 66 valence electrons. The van der Waals surface area contributed by atoms with Gasteiger partial charge in [0.1, 0.15) is 0 Å². The molecule has 12 heavy (non-hydrogen) atoms. The van der Waals surface area contributed by atoms with Crippen LogP contribution in [0.2, 0.25) is 0 Å². The van der Waals surface area contributed by atoms with Gasteiger partial charge in [-0.1, -0.05) is 6.58 Å². The van der Waals surface area contributed by atoms with Crippen LogP contribution in [0.3, 0.4) is 0 Å². The molecule has 0 atom stereocenters. The second-order valence-electron chi connectivity index (χ2n) is 1.72. The van der Waals surface area contributed by atoms with Crippen LogP contribution >= 0.6 is 0 Å². The summed E-state index contributed by atoms with van der Waals surface area (Å²) < 4.78 is 4.43. The fourth-order valence-corrected chi connectivity index (χ4v) is 0.416. The molecule has 0 aliphatic heterocycles. The van der Waals surface area contributed by atoms with Crippen molar-refractivity contribution < 1.29 is 9.53 Å². The molecule has 0 bridgehead atoms. The lowest BCUT2D eigenvalue weighted by molar-refractivity contribution is -0.137. The molecule has 0 aliphatic carbocycles. The van der Waals surface area contributed by atoms with Gasteiger partial charge in [0.25, 0.3) is 0 Å². The number of aromatic nitrogens is 2. The number of ether oxygens (including phenoxy) is 1. The van der Waals surface area contributed by atoms with Gasteiger partial charge in [-0.3, -0.25) is 0 Å². The van der Waals surface area contributed by atoms with Crippen molar-refractivity contribution in [3.8, 4) is 0 Å². The van der Waals surface area contributed by atoms with E-state index < -0.39 is 0 Å². The molecule has 0 aliphatic rings. The zero-order valence-corrected chi connectivity index (χ0v) is 6.99. The van der Waals surface area contributed by atoms with Crippen LogP contribution < -0.4 is 0 Å². The van der Waals surface area contributed by atoms with E-state index >= 15 is 0 Å². The van der Waals surface area contributed by atoms with Crippen molar-refractivity contribution in [2.75, 3.05) is 6.61 Å². The SMILES string of the molecule is C=CC(=O)OCC.c1c[nH]cn1. The van der Waals surface area contributed by atoms with E-state index in [4.69, 9.17) is 0 Å². The summed E-state index contributed by atoms with van der Waals surface area (Å²) >= 11 is 0. The highest BCUT2D eigenvalue weighted by atomic mass is 16.5. The monoisotopic (exact) mass is 168 g/mol. The molecule has 1 aromatic rings. The third kappa shape index (κ3) is 6.54. The Hall–Kier alpha value is -1.58. The largest absolute Gasteiger partial charge is 0.463 e. The standard InChI is InChI=1S/C5H8O2.C3H4N2/c1-3-5(6)7-4-2;1-2-5-3-4-1/h3H,1,4H2,2H3;1-3H,(H,4,5). The highest BCUT2D eigenvalue weighted by Gasteiger charge is 1.86. The Balaban J connectivity index is 0.000000211. The van der Waals surface area contributed by atoms with Crippen molar-refractivity contribution in [2.24, 2.45) is 0 Å². The quantitative estimate of drug-likeness (QED) is 0.532. The maximum absolute atomic E-state index is 10.1. The minimum Gasteiger partial charge on any atom is -0.463 e. The number of nitrogens with one attached hydrogen (secondary N) is 1. The minimum absolute atomic E-state index is 0.359. The number of hydrogen-bond donors (Lipinski definition) is 1. The summed E-state index contributed by atoms with van der Waals surface area (Å²) in [5.41, 5.74) is 0. The number of nitrogens with zero attached hydrogens (tertiary/aromatic N) is 1. The number of rotatable bonds is 2. The zero-order chi connectivity index (χ0) is 9.23. The number of H-pyrrole nitrogens is 1. The lowest BCUT2D eigenvalue weighted by atomic mass is 10.6. The first-order valence-electron chi connectivity index (χ1n) is 3.53. The summed E-state index contributed by atoms with van der Waals surface area (Å²) in [6.45, 7) is 5.38. The van der Waals surface area contributed by atoms with Gasteiger partial charge in [-0.05, 0) is 6.92 Å². The molecule has 0 amide bonds. The molecular formula is C8H12N2O2. The molecule has 1 heterocycles. The van der Waals surface area contributed by atoms with Crippen LogP contribution in [-0.2, 0) is 9.53 Å². The van der Waals surface area contributed by atoms with E-state index in [0.29, 0.717) is 6.61 Å². The van der Waals surface area contributed by atoms with Crippen LogP contribution in [-0.4, -0.2) is 22.5 Å². The van der Waals surface area contributed by atoms with Crippen LogP contribution in [0.1, 0.15) is 6.92 Å². The normalized spacial score (nSPS) is 7.75. The second kappa shape index (κ2) is 7.53. The maximum atomic E-state index is 10.1. The van der Waals surface area contributed by atoms with Gasteiger partial charge in [0, 0.05) is 18.5 Å². The number of carbonyl (C=O) groups excluding carboxylic acids is 1. The average molecular weight is 168 g/mol. The third-order valence-electron chi connectivity index (χ3n) is 0.859.